The Bertz CT molecular complexity index is 1710. The number of aliphatic hydroxyl groups excluding tert-OH is 1. The first-order valence-electron chi connectivity index (χ1n) is 14.9. The highest BCUT2D eigenvalue weighted by molar-refractivity contribution is 9.10. The van der Waals surface area contributed by atoms with Gasteiger partial charge in [0.1, 0.15) is 6.61 Å². The minimum atomic E-state index is -1.75. The molecule has 0 spiro atoms. The van der Waals surface area contributed by atoms with Crippen LogP contribution in [0.5, 0.6) is 0 Å². The third kappa shape index (κ3) is 6.03. The van der Waals surface area contributed by atoms with Crippen LogP contribution < -0.4 is 9.80 Å². The van der Waals surface area contributed by atoms with Gasteiger partial charge in [0, 0.05) is 34.4 Å². The summed E-state index contributed by atoms with van der Waals surface area (Å²) in [5.74, 6) is -1.16. The van der Waals surface area contributed by atoms with Crippen LogP contribution in [-0.2, 0) is 28.2 Å². The summed E-state index contributed by atoms with van der Waals surface area (Å²) in [7, 11) is 0. The molecule has 2 aliphatic rings. The minimum Gasteiger partial charge on any atom is -0.447 e. The van der Waals surface area contributed by atoms with Gasteiger partial charge in [-0.05, 0) is 47.9 Å². The third-order valence-electron chi connectivity index (χ3n) is 8.49. The predicted molar refractivity (Wildman–Crippen MR) is 173 cm³/mol. The van der Waals surface area contributed by atoms with E-state index in [2.05, 4.69) is 26.2 Å². The number of benzene rings is 3. The number of halogens is 1. The number of carbonyl (C=O) groups is 2. The van der Waals surface area contributed by atoms with Gasteiger partial charge in [0.05, 0.1) is 37.0 Å². The Morgan fingerprint density at radius 1 is 1.09 bits per heavy atom. The number of allylic oxidation sites excluding steroid dienone is 1. The Labute approximate surface area is 269 Å². The molecule has 1 saturated heterocycles. The van der Waals surface area contributed by atoms with Crippen molar-refractivity contribution in [2.24, 2.45) is 5.92 Å². The molecule has 232 valence electrons. The maximum atomic E-state index is 13.9. The number of hydrogen-bond donors (Lipinski definition) is 2. The van der Waals surface area contributed by atoms with E-state index in [0.29, 0.717) is 43.1 Å². The number of fused-ring (bicyclic) bond motifs is 1. The molecule has 11 heteroatoms. The lowest BCUT2D eigenvalue weighted by Crippen LogP contribution is -2.44. The van der Waals surface area contributed by atoms with Crippen molar-refractivity contribution in [3.8, 4) is 0 Å². The number of aliphatic hydroxyl groups is 2. The number of ether oxygens (including phenoxy) is 1. The molecule has 6 rings (SSSR count). The third-order valence-corrected chi connectivity index (χ3v) is 8.98. The van der Waals surface area contributed by atoms with E-state index in [-0.39, 0.29) is 25.2 Å². The van der Waals surface area contributed by atoms with E-state index >= 15 is 0 Å². The zero-order chi connectivity index (χ0) is 31.6. The SMILES string of the molecule is C[C@@H](/C=C/CCn1cc(C(CO)c2ccccc2)nn1)[C@]1(O)C(=O)N(Cc2ccc(N3CCOC3=O)cc2)c2ccc(Br)cc21. The van der Waals surface area contributed by atoms with Crippen LogP contribution in [0.3, 0.4) is 0 Å². The number of hydrogen-bond acceptors (Lipinski definition) is 7. The summed E-state index contributed by atoms with van der Waals surface area (Å²) >= 11 is 3.51. The zero-order valence-corrected chi connectivity index (χ0v) is 26.4. The number of rotatable bonds is 11. The highest BCUT2D eigenvalue weighted by Crippen LogP contribution is 2.46. The van der Waals surface area contributed by atoms with E-state index in [1.54, 1.807) is 20.5 Å². The Balaban J connectivity index is 1.14. The van der Waals surface area contributed by atoms with Crippen molar-refractivity contribution in [1.82, 2.24) is 15.0 Å². The van der Waals surface area contributed by atoms with Crippen LogP contribution in [0.4, 0.5) is 16.2 Å². The molecule has 2 N–H and O–H groups in total. The van der Waals surface area contributed by atoms with Crippen LogP contribution in [0, 0.1) is 5.92 Å². The first kappa shape index (κ1) is 30.7. The normalized spacial score (nSPS) is 19.3. The fourth-order valence-corrected chi connectivity index (χ4v) is 6.31. The number of aryl methyl sites for hydroxylation is 1. The number of carbonyl (C=O) groups excluding carboxylic acids is 2. The van der Waals surface area contributed by atoms with Gasteiger partial charge in [0.15, 0.2) is 5.60 Å². The van der Waals surface area contributed by atoms with Crippen molar-refractivity contribution in [3.63, 3.8) is 0 Å². The molecule has 0 bridgehead atoms. The van der Waals surface area contributed by atoms with Crippen LogP contribution >= 0.6 is 15.9 Å². The molecule has 0 saturated carbocycles. The van der Waals surface area contributed by atoms with E-state index in [9.17, 15) is 19.8 Å². The molecule has 2 aliphatic heterocycles. The Hall–Kier alpha value is -4.32. The zero-order valence-electron chi connectivity index (χ0n) is 24.8. The summed E-state index contributed by atoms with van der Waals surface area (Å²) in [5, 5.41) is 30.5. The Morgan fingerprint density at radius 3 is 2.58 bits per heavy atom. The molecular weight excluding hydrogens is 638 g/mol. The number of anilines is 2. The molecule has 10 nitrogen and oxygen atoms in total. The second kappa shape index (κ2) is 13.0. The van der Waals surface area contributed by atoms with E-state index in [0.717, 1.165) is 21.3 Å². The highest BCUT2D eigenvalue weighted by atomic mass is 79.9. The quantitative estimate of drug-likeness (QED) is 0.212. The van der Waals surface area contributed by atoms with E-state index < -0.39 is 17.4 Å². The highest BCUT2D eigenvalue weighted by Gasteiger charge is 2.52. The van der Waals surface area contributed by atoms with Gasteiger partial charge < -0.3 is 19.8 Å². The van der Waals surface area contributed by atoms with Gasteiger partial charge in [-0.3, -0.25) is 14.4 Å². The monoisotopic (exact) mass is 671 g/mol. The lowest BCUT2D eigenvalue weighted by Gasteiger charge is -2.28. The van der Waals surface area contributed by atoms with Crippen molar-refractivity contribution in [2.75, 3.05) is 29.6 Å². The first-order valence-corrected chi connectivity index (χ1v) is 15.7. The molecule has 0 aliphatic carbocycles. The van der Waals surface area contributed by atoms with Gasteiger partial charge in [0.25, 0.3) is 5.91 Å². The second-order valence-corrected chi connectivity index (χ2v) is 12.2. The standard InChI is InChI=1S/C34H34BrN5O5/c1-23(7-5-6-16-38-21-30(36-37-38)28(22-41)25-8-3-2-4-9-25)34(44)29-19-26(35)12-15-31(29)40(32(34)42)20-24-10-13-27(14-11-24)39-17-18-45-33(39)43/h2-5,7-15,19,21,23,28,41,44H,6,16-18,20,22H2,1H3/b7-5+/t23-,28?,34+/m0/s1. The van der Waals surface area contributed by atoms with Gasteiger partial charge in [-0.25, -0.2) is 4.79 Å². The van der Waals surface area contributed by atoms with E-state index in [4.69, 9.17) is 4.74 Å². The average molecular weight is 673 g/mol. The molecule has 1 unspecified atom stereocenters. The van der Waals surface area contributed by atoms with Gasteiger partial charge in [-0.15, -0.1) is 5.10 Å². The second-order valence-electron chi connectivity index (χ2n) is 11.3. The lowest BCUT2D eigenvalue weighted by molar-refractivity contribution is -0.139. The van der Waals surface area contributed by atoms with Crippen molar-refractivity contribution < 1.29 is 24.5 Å². The summed E-state index contributed by atoms with van der Waals surface area (Å²) in [5.41, 5.74) is 2.73. The molecule has 3 atom stereocenters. The molecule has 1 aromatic heterocycles. The largest absolute Gasteiger partial charge is 0.447 e. The van der Waals surface area contributed by atoms with Crippen molar-refractivity contribution in [2.45, 2.75) is 38.0 Å². The number of amides is 2. The summed E-state index contributed by atoms with van der Waals surface area (Å²) < 4.78 is 7.54. The lowest BCUT2D eigenvalue weighted by atomic mass is 9.83. The van der Waals surface area contributed by atoms with Crippen LogP contribution in [0.15, 0.2) is 95.6 Å². The van der Waals surface area contributed by atoms with Gasteiger partial charge in [-0.1, -0.05) is 82.7 Å². The van der Waals surface area contributed by atoms with E-state index in [1.165, 1.54) is 0 Å². The Kier molecular flexibility index (Phi) is 8.84. The number of nitrogens with zero attached hydrogens (tertiary/aromatic N) is 5. The maximum absolute atomic E-state index is 13.9. The number of aromatic nitrogens is 3. The van der Waals surface area contributed by atoms with E-state index in [1.807, 2.05) is 92.0 Å². The maximum Gasteiger partial charge on any atom is 0.414 e. The van der Waals surface area contributed by atoms with Crippen LogP contribution in [-0.4, -0.2) is 57.0 Å². The molecular formula is C34H34BrN5O5. The van der Waals surface area contributed by atoms with Crippen molar-refractivity contribution >= 4 is 39.3 Å². The molecule has 4 aromatic rings. The number of cyclic esters (lactones) is 1. The van der Waals surface area contributed by atoms with Crippen LogP contribution in [0.1, 0.15) is 41.6 Å². The Morgan fingerprint density at radius 2 is 1.87 bits per heavy atom. The molecule has 3 heterocycles. The van der Waals surface area contributed by atoms with Crippen LogP contribution in [0.25, 0.3) is 0 Å². The fourth-order valence-electron chi connectivity index (χ4n) is 5.95. The summed E-state index contributed by atoms with van der Waals surface area (Å²) in [6.45, 7) is 3.45. The van der Waals surface area contributed by atoms with Crippen molar-refractivity contribution in [3.05, 3.63) is 118 Å². The van der Waals surface area contributed by atoms with Gasteiger partial charge >= 0.3 is 6.09 Å². The van der Waals surface area contributed by atoms with Gasteiger partial charge in [-0.2, -0.15) is 0 Å². The molecule has 45 heavy (non-hydrogen) atoms. The summed E-state index contributed by atoms with van der Waals surface area (Å²) in [4.78, 5) is 29.1. The smallest absolute Gasteiger partial charge is 0.414 e. The molecule has 1 fully saturated rings. The van der Waals surface area contributed by atoms with Crippen LogP contribution in [0.2, 0.25) is 0 Å². The molecule has 2 amide bonds. The minimum absolute atomic E-state index is 0.0678. The first-order chi connectivity index (χ1) is 21.8. The average Bonchev–Trinajstić information content (AvgIpc) is 3.75. The summed E-state index contributed by atoms with van der Waals surface area (Å²) in [6.07, 6.45) is 5.90. The summed E-state index contributed by atoms with van der Waals surface area (Å²) in [6, 6.07) is 22.7. The fraction of sp³-hybridized carbons (Fsp3) is 0.294. The van der Waals surface area contributed by atoms with Gasteiger partial charge in [0.2, 0.25) is 0 Å². The van der Waals surface area contributed by atoms with Crippen molar-refractivity contribution in [1.29, 1.82) is 0 Å². The predicted octanol–water partition coefficient (Wildman–Crippen LogP) is 5.14. The topological polar surface area (TPSA) is 121 Å². The molecule has 3 aromatic carbocycles. The molecule has 0 radical (unpaired) electrons.